The number of nitrogens with zero attached hydrogens (tertiary/aromatic N) is 1. The van der Waals surface area contributed by atoms with Crippen LogP contribution in [-0.2, 0) is 11.2 Å². The summed E-state index contributed by atoms with van der Waals surface area (Å²) < 4.78 is 40.3. The predicted molar refractivity (Wildman–Crippen MR) is 82.9 cm³/mol. The van der Waals surface area contributed by atoms with Crippen LogP contribution < -0.4 is 5.43 Å². The van der Waals surface area contributed by atoms with Crippen LogP contribution in [0.15, 0.2) is 24.3 Å². The predicted octanol–water partition coefficient (Wildman–Crippen LogP) is 4.11. The van der Waals surface area contributed by atoms with Crippen LogP contribution in [0.3, 0.4) is 0 Å². The zero-order valence-electron chi connectivity index (χ0n) is 13.1. The van der Waals surface area contributed by atoms with Crippen molar-refractivity contribution >= 4 is 17.5 Å². The van der Waals surface area contributed by atoms with Crippen molar-refractivity contribution in [3.8, 4) is 0 Å². The molecular weight excluding hydrogens is 329 g/mol. The lowest BCUT2D eigenvalue weighted by molar-refractivity contribution is -0.202. The van der Waals surface area contributed by atoms with Gasteiger partial charge < -0.3 is 0 Å². The molecule has 0 saturated carbocycles. The summed E-state index contributed by atoms with van der Waals surface area (Å²) >= 11 is 5.88. The number of hydrogen-bond acceptors (Lipinski definition) is 2. The molecule has 1 atom stereocenters. The Morgan fingerprint density at radius 1 is 1.39 bits per heavy atom. The normalized spacial score (nSPS) is 19.7. The maximum atomic E-state index is 13.4. The molecule has 2 rings (SSSR count). The van der Waals surface area contributed by atoms with Crippen molar-refractivity contribution in [3.05, 3.63) is 34.9 Å². The van der Waals surface area contributed by atoms with Gasteiger partial charge in [0, 0.05) is 17.0 Å². The van der Waals surface area contributed by atoms with Crippen molar-refractivity contribution < 1.29 is 18.0 Å². The van der Waals surface area contributed by atoms with Crippen molar-refractivity contribution in [2.75, 3.05) is 0 Å². The molecule has 0 aromatic heterocycles. The second-order valence-corrected chi connectivity index (χ2v) is 6.91. The molecule has 0 spiro atoms. The van der Waals surface area contributed by atoms with Crippen molar-refractivity contribution in [1.29, 1.82) is 0 Å². The van der Waals surface area contributed by atoms with Crippen LogP contribution in [0.25, 0.3) is 0 Å². The van der Waals surface area contributed by atoms with Gasteiger partial charge in [-0.2, -0.15) is 13.2 Å². The SMILES string of the molecule is CC1(C)CC(=O)NN1C(CCCc1cccc(Cl)c1)C(F)(F)F. The van der Waals surface area contributed by atoms with Crippen LogP contribution in [0.1, 0.15) is 38.7 Å². The second kappa shape index (κ2) is 6.69. The van der Waals surface area contributed by atoms with E-state index in [1.54, 1.807) is 32.0 Å². The molecule has 1 aliphatic heterocycles. The molecule has 1 unspecified atom stereocenters. The maximum Gasteiger partial charge on any atom is 0.405 e. The highest BCUT2D eigenvalue weighted by atomic mass is 35.5. The Kier molecular flexibility index (Phi) is 5.26. The second-order valence-electron chi connectivity index (χ2n) is 6.47. The summed E-state index contributed by atoms with van der Waals surface area (Å²) in [4.78, 5) is 11.5. The Bertz CT molecular complexity index is 575. The Labute approximate surface area is 138 Å². The van der Waals surface area contributed by atoms with Gasteiger partial charge in [-0.25, -0.2) is 5.01 Å². The third-order valence-corrected chi connectivity index (χ3v) is 4.25. The molecule has 1 N–H and O–H groups in total. The molecule has 0 bridgehead atoms. The average Bonchev–Trinajstić information content (AvgIpc) is 2.66. The molecule has 23 heavy (non-hydrogen) atoms. The smallest absolute Gasteiger partial charge is 0.288 e. The third-order valence-electron chi connectivity index (χ3n) is 4.01. The molecule has 1 heterocycles. The summed E-state index contributed by atoms with van der Waals surface area (Å²) in [5.41, 5.74) is 2.41. The lowest BCUT2D eigenvalue weighted by atomic mass is 9.97. The highest BCUT2D eigenvalue weighted by Gasteiger charge is 2.51. The van der Waals surface area contributed by atoms with E-state index in [0.29, 0.717) is 17.9 Å². The molecule has 7 heteroatoms. The standard InChI is InChI=1S/C16H20ClF3N2O/c1-15(2)10-14(23)21-22(15)13(16(18,19)20)8-4-6-11-5-3-7-12(17)9-11/h3,5,7,9,13H,4,6,8,10H2,1-2H3,(H,21,23). The lowest BCUT2D eigenvalue weighted by Crippen LogP contribution is -2.56. The number of halogens is 4. The van der Waals surface area contributed by atoms with Gasteiger partial charge in [0.2, 0.25) is 5.91 Å². The van der Waals surface area contributed by atoms with Crippen molar-refractivity contribution in [3.63, 3.8) is 0 Å². The molecule has 3 nitrogen and oxygen atoms in total. The minimum Gasteiger partial charge on any atom is -0.288 e. The van der Waals surface area contributed by atoms with Crippen molar-refractivity contribution in [2.24, 2.45) is 0 Å². The van der Waals surface area contributed by atoms with E-state index in [1.165, 1.54) is 0 Å². The Morgan fingerprint density at radius 2 is 2.09 bits per heavy atom. The zero-order valence-corrected chi connectivity index (χ0v) is 13.8. The van der Waals surface area contributed by atoms with Crippen LogP contribution in [0.5, 0.6) is 0 Å². The molecule has 1 amide bonds. The quantitative estimate of drug-likeness (QED) is 0.868. The van der Waals surface area contributed by atoms with Crippen LogP contribution in [0.4, 0.5) is 13.2 Å². The van der Waals surface area contributed by atoms with Gasteiger partial charge in [0.1, 0.15) is 6.04 Å². The zero-order chi connectivity index (χ0) is 17.3. The van der Waals surface area contributed by atoms with Crippen molar-refractivity contribution in [2.45, 2.75) is 57.3 Å². The van der Waals surface area contributed by atoms with Gasteiger partial charge in [-0.1, -0.05) is 23.7 Å². The molecule has 1 aromatic rings. The van der Waals surface area contributed by atoms with E-state index in [0.717, 1.165) is 10.6 Å². The minimum absolute atomic E-state index is 0.0634. The van der Waals surface area contributed by atoms with Gasteiger partial charge in [0.25, 0.3) is 0 Å². The van der Waals surface area contributed by atoms with E-state index in [9.17, 15) is 18.0 Å². The fourth-order valence-electron chi connectivity index (χ4n) is 2.93. The summed E-state index contributed by atoms with van der Waals surface area (Å²) in [6.07, 6.45) is -3.56. The summed E-state index contributed by atoms with van der Waals surface area (Å²) in [7, 11) is 0. The Morgan fingerprint density at radius 3 is 2.61 bits per heavy atom. The van der Waals surface area contributed by atoms with E-state index >= 15 is 0 Å². The molecule has 0 aliphatic carbocycles. The van der Waals surface area contributed by atoms with E-state index in [1.807, 2.05) is 6.07 Å². The summed E-state index contributed by atoms with van der Waals surface area (Å²) in [5, 5.41) is 1.63. The first kappa shape index (κ1) is 18.1. The topological polar surface area (TPSA) is 32.3 Å². The molecule has 0 radical (unpaired) electrons. The van der Waals surface area contributed by atoms with Crippen LogP contribution in [0.2, 0.25) is 5.02 Å². The van der Waals surface area contributed by atoms with Crippen LogP contribution in [-0.4, -0.2) is 28.7 Å². The van der Waals surface area contributed by atoms with Gasteiger partial charge in [0.15, 0.2) is 0 Å². The monoisotopic (exact) mass is 348 g/mol. The Balaban J connectivity index is 2.04. The van der Waals surface area contributed by atoms with E-state index < -0.39 is 17.8 Å². The summed E-state index contributed by atoms with van der Waals surface area (Å²) in [6.45, 7) is 3.28. The number of hydrazine groups is 1. The van der Waals surface area contributed by atoms with Crippen molar-refractivity contribution in [1.82, 2.24) is 10.4 Å². The summed E-state index contributed by atoms with van der Waals surface area (Å²) in [6, 6.07) is 5.42. The maximum absolute atomic E-state index is 13.4. The molecule has 128 valence electrons. The fraction of sp³-hybridized carbons (Fsp3) is 0.562. The third kappa shape index (κ3) is 4.61. The first-order valence-electron chi connectivity index (χ1n) is 7.49. The van der Waals surface area contributed by atoms with E-state index in [-0.39, 0.29) is 18.7 Å². The molecule has 1 aliphatic rings. The average molecular weight is 349 g/mol. The number of aryl methyl sites for hydroxylation is 1. The van der Waals surface area contributed by atoms with Gasteiger partial charge in [-0.3, -0.25) is 10.2 Å². The number of benzene rings is 1. The van der Waals surface area contributed by atoms with Gasteiger partial charge in [-0.05, 0) is 50.8 Å². The molecule has 1 saturated heterocycles. The number of carbonyl (C=O) groups excluding carboxylic acids is 1. The largest absolute Gasteiger partial charge is 0.405 e. The lowest BCUT2D eigenvalue weighted by Gasteiger charge is -2.37. The molecule has 1 fully saturated rings. The number of rotatable bonds is 5. The highest BCUT2D eigenvalue weighted by Crippen LogP contribution is 2.35. The summed E-state index contributed by atoms with van der Waals surface area (Å²) in [5.74, 6) is -0.376. The number of amides is 1. The minimum atomic E-state index is -4.40. The Hall–Kier alpha value is -1.27. The fourth-order valence-corrected chi connectivity index (χ4v) is 3.15. The van der Waals surface area contributed by atoms with Gasteiger partial charge in [0.05, 0.1) is 0 Å². The van der Waals surface area contributed by atoms with E-state index in [4.69, 9.17) is 11.6 Å². The van der Waals surface area contributed by atoms with Gasteiger partial charge in [-0.15, -0.1) is 0 Å². The van der Waals surface area contributed by atoms with Gasteiger partial charge >= 0.3 is 6.18 Å². The number of nitrogens with one attached hydrogen (secondary N) is 1. The first-order chi connectivity index (χ1) is 10.6. The molecular formula is C16H20ClF3N2O. The highest BCUT2D eigenvalue weighted by molar-refractivity contribution is 6.30. The van der Waals surface area contributed by atoms with Crippen LogP contribution >= 0.6 is 11.6 Å². The molecule has 1 aromatic carbocycles. The van der Waals surface area contributed by atoms with E-state index in [2.05, 4.69) is 5.43 Å². The number of alkyl halides is 3. The first-order valence-corrected chi connectivity index (χ1v) is 7.87. The number of carbonyl (C=O) groups is 1. The van der Waals surface area contributed by atoms with Crippen LogP contribution in [0, 0.1) is 0 Å². The number of hydrogen-bond donors (Lipinski definition) is 1.